The first-order valence-corrected chi connectivity index (χ1v) is 6.70. The molecule has 2 heterocycles. The van der Waals surface area contributed by atoms with Crippen LogP contribution < -0.4 is 16.0 Å². The molecule has 2 aromatic rings. The van der Waals surface area contributed by atoms with Crippen LogP contribution >= 0.6 is 23.1 Å². The lowest BCUT2D eigenvalue weighted by Gasteiger charge is -2.09. The van der Waals surface area contributed by atoms with Crippen molar-refractivity contribution >= 4 is 29.0 Å². The standard InChI is InChI=1S/C8H11N7OS2/c1-4(2)16-6-11-5(14-9)12-7(13-6)18-8-15-10-3-17-8/h3-4H,9H2,1-2H3,(H,11,12,13,14). The van der Waals surface area contributed by atoms with Crippen molar-refractivity contribution in [3.8, 4) is 6.01 Å². The SMILES string of the molecule is CC(C)Oc1nc(NN)nc(Sc2nncs2)n1. The van der Waals surface area contributed by atoms with Gasteiger partial charge in [0.05, 0.1) is 6.10 Å². The third-order valence-electron chi connectivity index (χ3n) is 1.58. The predicted molar refractivity (Wildman–Crippen MR) is 67.4 cm³/mol. The Morgan fingerprint density at radius 2 is 2.22 bits per heavy atom. The molecule has 18 heavy (non-hydrogen) atoms. The highest BCUT2D eigenvalue weighted by molar-refractivity contribution is 8.00. The van der Waals surface area contributed by atoms with Crippen LogP contribution in [0, 0.1) is 0 Å². The van der Waals surface area contributed by atoms with Gasteiger partial charge in [0.1, 0.15) is 5.51 Å². The zero-order chi connectivity index (χ0) is 13.0. The average Bonchev–Trinajstić information content (AvgIpc) is 2.80. The molecule has 2 aromatic heterocycles. The van der Waals surface area contributed by atoms with E-state index < -0.39 is 0 Å². The summed E-state index contributed by atoms with van der Waals surface area (Å²) in [5.74, 6) is 5.54. The lowest BCUT2D eigenvalue weighted by atomic mass is 10.5. The molecular formula is C8H11N7OS2. The topological polar surface area (TPSA) is 112 Å². The Hall–Kier alpha value is -1.52. The predicted octanol–water partition coefficient (Wildman–Crippen LogP) is 0.947. The number of ether oxygens (including phenoxy) is 1. The van der Waals surface area contributed by atoms with Gasteiger partial charge in [-0.2, -0.15) is 15.0 Å². The van der Waals surface area contributed by atoms with Crippen LogP contribution in [0.3, 0.4) is 0 Å². The molecule has 0 aliphatic carbocycles. The fourth-order valence-electron chi connectivity index (χ4n) is 0.997. The first-order valence-electron chi connectivity index (χ1n) is 5.00. The highest BCUT2D eigenvalue weighted by Crippen LogP contribution is 2.27. The van der Waals surface area contributed by atoms with Gasteiger partial charge in [0, 0.05) is 0 Å². The summed E-state index contributed by atoms with van der Waals surface area (Å²) in [6, 6.07) is 0.222. The lowest BCUT2D eigenvalue weighted by molar-refractivity contribution is 0.219. The number of anilines is 1. The fraction of sp³-hybridized carbons (Fsp3) is 0.375. The van der Waals surface area contributed by atoms with Crippen LogP contribution in [0.1, 0.15) is 13.8 Å². The minimum absolute atomic E-state index is 0.0302. The number of nitrogens with one attached hydrogen (secondary N) is 1. The van der Waals surface area contributed by atoms with Crippen molar-refractivity contribution in [2.24, 2.45) is 5.84 Å². The van der Waals surface area contributed by atoms with Crippen LogP contribution in [0.4, 0.5) is 5.95 Å². The number of nitrogens with two attached hydrogens (primary N) is 1. The third kappa shape index (κ3) is 3.48. The molecular weight excluding hydrogens is 274 g/mol. The summed E-state index contributed by atoms with van der Waals surface area (Å²) in [7, 11) is 0. The third-order valence-corrected chi connectivity index (χ3v) is 3.23. The molecule has 0 radical (unpaired) electrons. The van der Waals surface area contributed by atoms with Crippen LogP contribution in [0.5, 0.6) is 6.01 Å². The number of hydrazine groups is 1. The van der Waals surface area contributed by atoms with E-state index in [4.69, 9.17) is 10.6 Å². The van der Waals surface area contributed by atoms with E-state index in [1.165, 1.54) is 23.1 Å². The zero-order valence-corrected chi connectivity index (χ0v) is 11.3. The van der Waals surface area contributed by atoms with E-state index in [1.807, 2.05) is 13.8 Å². The van der Waals surface area contributed by atoms with Crippen LogP contribution in [0.15, 0.2) is 15.0 Å². The van der Waals surface area contributed by atoms with Crippen molar-refractivity contribution in [1.29, 1.82) is 0 Å². The minimum atomic E-state index is -0.0302. The van der Waals surface area contributed by atoms with E-state index in [2.05, 4.69) is 30.6 Å². The van der Waals surface area contributed by atoms with E-state index in [0.717, 1.165) is 4.34 Å². The first kappa shape index (κ1) is 12.9. The molecule has 0 amide bonds. The number of aromatic nitrogens is 5. The second-order valence-corrected chi connectivity index (χ2v) is 5.39. The Balaban J connectivity index is 2.23. The lowest BCUT2D eigenvalue weighted by Crippen LogP contribution is -2.14. The van der Waals surface area contributed by atoms with E-state index in [-0.39, 0.29) is 18.1 Å². The Labute approximate surface area is 111 Å². The monoisotopic (exact) mass is 285 g/mol. The Kier molecular flexibility index (Phi) is 4.23. The summed E-state index contributed by atoms with van der Waals surface area (Å²) in [5, 5.41) is 8.08. The maximum atomic E-state index is 5.41. The Bertz CT molecular complexity index is 504. The van der Waals surface area contributed by atoms with Crippen molar-refractivity contribution in [3.05, 3.63) is 5.51 Å². The fourth-order valence-corrected chi connectivity index (χ4v) is 2.32. The molecule has 2 rings (SSSR count). The zero-order valence-electron chi connectivity index (χ0n) is 9.69. The van der Waals surface area contributed by atoms with Crippen LogP contribution in [0.2, 0.25) is 0 Å². The van der Waals surface area contributed by atoms with Gasteiger partial charge in [-0.05, 0) is 25.6 Å². The first-order chi connectivity index (χ1) is 8.67. The van der Waals surface area contributed by atoms with Gasteiger partial charge in [0.15, 0.2) is 4.34 Å². The van der Waals surface area contributed by atoms with E-state index in [1.54, 1.807) is 5.51 Å². The normalized spacial score (nSPS) is 10.7. The van der Waals surface area contributed by atoms with E-state index in [9.17, 15) is 0 Å². The molecule has 0 unspecified atom stereocenters. The molecule has 10 heteroatoms. The number of nitrogens with zero attached hydrogens (tertiary/aromatic N) is 5. The quantitative estimate of drug-likeness (QED) is 0.612. The van der Waals surface area contributed by atoms with Gasteiger partial charge < -0.3 is 4.74 Å². The molecule has 0 fully saturated rings. The summed E-state index contributed by atoms with van der Waals surface area (Å²) < 4.78 is 6.15. The molecule has 8 nitrogen and oxygen atoms in total. The summed E-state index contributed by atoms with van der Waals surface area (Å²) in [6.07, 6.45) is -0.0302. The van der Waals surface area contributed by atoms with Crippen LogP contribution in [-0.2, 0) is 0 Å². The second-order valence-electron chi connectivity index (χ2n) is 3.34. The maximum absolute atomic E-state index is 5.41. The molecule has 0 atom stereocenters. The highest BCUT2D eigenvalue weighted by Gasteiger charge is 2.11. The Morgan fingerprint density at radius 1 is 1.39 bits per heavy atom. The van der Waals surface area contributed by atoms with Gasteiger partial charge in [-0.1, -0.05) is 11.3 Å². The molecule has 0 saturated carbocycles. The minimum Gasteiger partial charge on any atom is -0.461 e. The molecule has 3 N–H and O–H groups in total. The van der Waals surface area contributed by atoms with Gasteiger partial charge in [-0.3, -0.25) is 5.43 Å². The van der Waals surface area contributed by atoms with Gasteiger partial charge in [-0.25, -0.2) is 5.84 Å². The number of rotatable bonds is 5. The van der Waals surface area contributed by atoms with Crippen molar-refractivity contribution < 1.29 is 4.74 Å². The van der Waals surface area contributed by atoms with E-state index in [0.29, 0.717) is 5.16 Å². The second kappa shape index (κ2) is 5.89. The number of nitrogen functional groups attached to an aromatic ring is 1. The van der Waals surface area contributed by atoms with Crippen molar-refractivity contribution in [1.82, 2.24) is 25.1 Å². The summed E-state index contributed by atoms with van der Waals surface area (Å²) in [4.78, 5) is 12.3. The Morgan fingerprint density at radius 3 is 2.83 bits per heavy atom. The van der Waals surface area contributed by atoms with E-state index >= 15 is 0 Å². The van der Waals surface area contributed by atoms with Crippen LogP contribution in [0.25, 0.3) is 0 Å². The van der Waals surface area contributed by atoms with Crippen molar-refractivity contribution in [3.63, 3.8) is 0 Å². The van der Waals surface area contributed by atoms with Gasteiger partial charge in [-0.15, -0.1) is 10.2 Å². The smallest absolute Gasteiger partial charge is 0.322 e. The van der Waals surface area contributed by atoms with Crippen molar-refractivity contribution in [2.45, 2.75) is 29.4 Å². The largest absolute Gasteiger partial charge is 0.461 e. The van der Waals surface area contributed by atoms with Crippen LogP contribution in [-0.4, -0.2) is 31.3 Å². The summed E-state index contributed by atoms with van der Waals surface area (Å²) in [5.41, 5.74) is 4.01. The average molecular weight is 285 g/mol. The highest BCUT2D eigenvalue weighted by atomic mass is 32.2. The van der Waals surface area contributed by atoms with Gasteiger partial charge in [0.25, 0.3) is 0 Å². The molecule has 0 bridgehead atoms. The molecule has 96 valence electrons. The maximum Gasteiger partial charge on any atom is 0.322 e. The molecule has 0 aliphatic heterocycles. The molecule has 0 saturated heterocycles. The van der Waals surface area contributed by atoms with Gasteiger partial charge >= 0.3 is 6.01 Å². The molecule has 0 aromatic carbocycles. The number of hydrogen-bond donors (Lipinski definition) is 2. The molecule has 0 aliphatic rings. The summed E-state index contributed by atoms with van der Waals surface area (Å²) >= 11 is 2.67. The number of hydrogen-bond acceptors (Lipinski definition) is 10. The molecule has 0 spiro atoms. The van der Waals surface area contributed by atoms with Gasteiger partial charge in [0.2, 0.25) is 11.1 Å². The summed E-state index contributed by atoms with van der Waals surface area (Å²) in [6.45, 7) is 3.77. The van der Waals surface area contributed by atoms with Crippen molar-refractivity contribution in [2.75, 3.05) is 5.43 Å².